The molecule has 0 bridgehead atoms. The maximum atomic E-state index is 13.2. The minimum Gasteiger partial charge on any atom is -0.507 e. The molecule has 2 heterocycles. The number of benzene rings is 2. The van der Waals surface area contributed by atoms with E-state index in [2.05, 4.69) is 4.74 Å². The maximum Gasteiger partial charge on any atom is 0.516 e. The molecule has 2 aromatic carbocycles. The van der Waals surface area contributed by atoms with Crippen LogP contribution >= 0.6 is 11.8 Å². The Kier molecular flexibility index (Phi) is 13.6. The van der Waals surface area contributed by atoms with Gasteiger partial charge in [-0.3, -0.25) is 9.59 Å². The fraction of sp³-hybridized carbons (Fsp3) is 0.324. The standard InChI is InChI=1S/C37H37F3O10S/c1-4-11-26-28(16-15-24(22(2)41)34(26)43)47-19-10-8-6-5-7-9-12-31(35(44)29-17-18-32(48-29)37(38,39)40)51-23-13-14-25-27(42)21-33(49-30(25)20-23)50-36(45)46-3/h5,7,9,12-18,20-21,31,35,43-44H,4,6,8,10-11,19H2,1-3H3/b7-5-,12-9+/t31-,35+/m0/s1. The van der Waals surface area contributed by atoms with Crippen LogP contribution in [0.4, 0.5) is 18.0 Å². The summed E-state index contributed by atoms with van der Waals surface area (Å²) in [6, 6.07) is 10.6. The molecule has 51 heavy (non-hydrogen) atoms. The Morgan fingerprint density at radius 2 is 1.82 bits per heavy atom. The number of unbranched alkanes of at least 4 members (excludes halogenated alkanes) is 2. The van der Waals surface area contributed by atoms with Crippen LogP contribution in [0, 0.1) is 0 Å². The molecule has 0 aliphatic heterocycles. The molecule has 2 atom stereocenters. The number of aliphatic hydroxyl groups is 1. The molecular formula is C37H37F3O10S. The van der Waals surface area contributed by atoms with E-state index in [4.69, 9.17) is 18.3 Å². The number of Topliss-reactive ketones (excluding diaryl/α,β-unsaturated/α-hetero) is 1. The molecule has 0 unspecified atom stereocenters. The van der Waals surface area contributed by atoms with Crippen LogP contribution in [0.2, 0.25) is 0 Å². The SMILES string of the molecule is CCCc1c(OCCCC/C=C\C=C\[C@H](Sc2ccc3c(=O)cc(OC(=O)OC)oc3c2)[C@H](O)c2ccc(C(F)(F)F)o2)ccc(C(C)=O)c1O. The van der Waals surface area contributed by atoms with Gasteiger partial charge in [-0.1, -0.05) is 37.6 Å². The van der Waals surface area contributed by atoms with Crippen molar-refractivity contribution in [1.29, 1.82) is 0 Å². The lowest BCUT2D eigenvalue weighted by molar-refractivity contribution is -0.154. The minimum absolute atomic E-state index is 0.0439. The number of alkyl halides is 3. The minimum atomic E-state index is -4.73. The van der Waals surface area contributed by atoms with E-state index in [9.17, 15) is 37.8 Å². The third-order valence-corrected chi connectivity index (χ3v) is 8.71. The van der Waals surface area contributed by atoms with E-state index in [0.29, 0.717) is 42.1 Å². The second-order valence-corrected chi connectivity index (χ2v) is 12.5. The first-order valence-corrected chi connectivity index (χ1v) is 16.9. The highest BCUT2D eigenvalue weighted by Crippen LogP contribution is 2.38. The van der Waals surface area contributed by atoms with Gasteiger partial charge in [0.05, 0.1) is 36.0 Å². The van der Waals surface area contributed by atoms with Crippen molar-refractivity contribution in [2.75, 3.05) is 13.7 Å². The average Bonchev–Trinajstić information content (AvgIpc) is 3.59. The van der Waals surface area contributed by atoms with E-state index in [1.807, 2.05) is 13.0 Å². The first kappa shape index (κ1) is 38.8. The Bertz CT molecular complexity index is 1940. The van der Waals surface area contributed by atoms with Gasteiger partial charge < -0.3 is 33.3 Å². The molecule has 0 aliphatic carbocycles. The molecule has 0 saturated heterocycles. The van der Waals surface area contributed by atoms with Crippen LogP contribution in [-0.4, -0.2) is 41.1 Å². The van der Waals surface area contributed by atoms with Gasteiger partial charge >= 0.3 is 12.3 Å². The summed E-state index contributed by atoms with van der Waals surface area (Å²) in [6.07, 6.45) is 3.07. The molecule has 0 fully saturated rings. The fourth-order valence-electron chi connectivity index (χ4n) is 4.98. The molecule has 0 spiro atoms. The molecule has 0 radical (unpaired) electrons. The van der Waals surface area contributed by atoms with Crippen molar-refractivity contribution in [3.63, 3.8) is 0 Å². The topological polar surface area (TPSA) is 146 Å². The number of carbonyl (C=O) groups is 2. The Morgan fingerprint density at radius 3 is 2.51 bits per heavy atom. The smallest absolute Gasteiger partial charge is 0.507 e. The van der Waals surface area contributed by atoms with Crippen LogP contribution in [0.15, 0.2) is 91.4 Å². The average molecular weight is 731 g/mol. The number of ketones is 1. The summed E-state index contributed by atoms with van der Waals surface area (Å²) in [6.45, 7) is 3.77. The van der Waals surface area contributed by atoms with Gasteiger partial charge in [-0.2, -0.15) is 13.2 Å². The number of phenolic OH excluding ortho intramolecular Hbond substituents is 1. The van der Waals surface area contributed by atoms with Crippen LogP contribution in [-0.2, 0) is 17.3 Å². The summed E-state index contributed by atoms with van der Waals surface area (Å²) in [4.78, 5) is 36.3. The van der Waals surface area contributed by atoms with E-state index in [1.165, 1.54) is 19.1 Å². The number of aliphatic hydroxyl groups excluding tert-OH is 1. The van der Waals surface area contributed by atoms with Gasteiger partial charge in [0.1, 0.15) is 28.9 Å². The van der Waals surface area contributed by atoms with Crippen LogP contribution < -0.4 is 14.9 Å². The van der Waals surface area contributed by atoms with Gasteiger partial charge in [0.2, 0.25) is 5.76 Å². The Morgan fingerprint density at radius 1 is 1.04 bits per heavy atom. The molecule has 2 aromatic heterocycles. The van der Waals surface area contributed by atoms with Crippen molar-refractivity contribution in [2.24, 2.45) is 0 Å². The number of ether oxygens (including phenoxy) is 3. The predicted octanol–water partition coefficient (Wildman–Crippen LogP) is 8.97. The summed E-state index contributed by atoms with van der Waals surface area (Å²) in [7, 11) is 1.09. The number of carbonyl (C=O) groups excluding carboxylic acids is 2. The zero-order valence-electron chi connectivity index (χ0n) is 28.0. The third kappa shape index (κ3) is 10.5. The van der Waals surface area contributed by atoms with E-state index in [1.54, 1.807) is 36.4 Å². The molecule has 0 amide bonds. The lowest BCUT2D eigenvalue weighted by Gasteiger charge is -2.18. The Hall–Kier alpha value is -4.95. The summed E-state index contributed by atoms with van der Waals surface area (Å²) in [5, 5.41) is 21.0. The van der Waals surface area contributed by atoms with Gasteiger partial charge in [0.25, 0.3) is 5.95 Å². The largest absolute Gasteiger partial charge is 0.516 e. The molecule has 0 aliphatic rings. The second-order valence-electron chi connectivity index (χ2n) is 11.3. The van der Waals surface area contributed by atoms with Crippen molar-refractivity contribution in [1.82, 2.24) is 0 Å². The van der Waals surface area contributed by atoms with Crippen molar-refractivity contribution < 1.29 is 56.0 Å². The van der Waals surface area contributed by atoms with Gasteiger partial charge in [-0.15, -0.1) is 11.8 Å². The number of hydrogen-bond acceptors (Lipinski definition) is 11. The molecular weight excluding hydrogens is 693 g/mol. The third-order valence-electron chi connectivity index (χ3n) is 7.50. The predicted molar refractivity (Wildman–Crippen MR) is 184 cm³/mol. The van der Waals surface area contributed by atoms with E-state index >= 15 is 0 Å². The number of methoxy groups -OCH3 is 1. The zero-order valence-corrected chi connectivity index (χ0v) is 28.8. The molecule has 10 nitrogen and oxygen atoms in total. The first-order chi connectivity index (χ1) is 24.3. The second kappa shape index (κ2) is 17.8. The van der Waals surface area contributed by atoms with Gasteiger partial charge in [-0.05, 0) is 75.1 Å². The van der Waals surface area contributed by atoms with Gasteiger partial charge in [-0.25, -0.2) is 4.79 Å². The number of aromatic hydroxyl groups is 1. The van der Waals surface area contributed by atoms with Crippen LogP contribution in [0.25, 0.3) is 11.0 Å². The van der Waals surface area contributed by atoms with Gasteiger partial charge in [0.15, 0.2) is 11.2 Å². The van der Waals surface area contributed by atoms with Crippen LogP contribution in [0.1, 0.15) is 73.1 Å². The molecule has 4 rings (SSSR count). The highest BCUT2D eigenvalue weighted by Gasteiger charge is 2.36. The highest BCUT2D eigenvalue weighted by atomic mass is 32.2. The monoisotopic (exact) mass is 730 g/mol. The summed E-state index contributed by atoms with van der Waals surface area (Å²) in [5.41, 5.74) is 0.453. The number of allylic oxidation sites excluding steroid dienone is 3. The lowest BCUT2D eigenvalue weighted by Crippen LogP contribution is -2.12. The maximum absolute atomic E-state index is 13.2. The number of thioether (sulfide) groups is 1. The summed E-state index contributed by atoms with van der Waals surface area (Å²) >= 11 is 1.07. The zero-order chi connectivity index (χ0) is 37.1. The first-order valence-electron chi connectivity index (χ1n) is 16.0. The number of phenols is 1. The quantitative estimate of drug-likeness (QED) is 0.0375. The van der Waals surface area contributed by atoms with Crippen molar-refractivity contribution in [2.45, 2.75) is 68.4 Å². The van der Waals surface area contributed by atoms with Crippen LogP contribution in [0.5, 0.6) is 17.4 Å². The van der Waals surface area contributed by atoms with Gasteiger partial charge in [0, 0.05) is 10.5 Å². The molecule has 0 saturated carbocycles. The van der Waals surface area contributed by atoms with Crippen LogP contribution in [0.3, 0.4) is 0 Å². The molecule has 4 aromatic rings. The number of fused-ring (bicyclic) bond motifs is 1. The van der Waals surface area contributed by atoms with E-state index in [-0.39, 0.29) is 33.8 Å². The Labute approximate surface area is 295 Å². The molecule has 2 N–H and O–H groups in total. The van der Waals surface area contributed by atoms with Crippen molar-refractivity contribution in [3.05, 3.63) is 106 Å². The van der Waals surface area contributed by atoms with E-state index < -0.39 is 40.8 Å². The summed E-state index contributed by atoms with van der Waals surface area (Å²) < 4.78 is 65.3. The number of hydrogen-bond donors (Lipinski definition) is 2. The van der Waals surface area contributed by atoms with Crippen molar-refractivity contribution in [3.8, 4) is 17.4 Å². The number of furan rings is 1. The Balaban J connectivity index is 1.43. The summed E-state index contributed by atoms with van der Waals surface area (Å²) in [5.74, 6) is -1.65. The highest BCUT2D eigenvalue weighted by molar-refractivity contribution is 8.00. The molecule has 272 valence electrons. The lowest BCUT2D eigenvalue weighted by atomic mass is 10.0. The number of halogens is 3. The normalized spacial score (nSPS) is 13.2. The molecule has 14 heteroatoms. The van der Waals surface area contributed by atoms with E-state index in [0.717, 1.165) is 49.9 Å². The fourth-order valence-corrected chi connectivity index (χ4v) is 6.04. The number of rotatable bonds is 16. The van der Waals surface area contributed by atoms with Crippen molar-refractivity contribution >= 4 is 34.7 Å².